The Bertz CT molecular complexity index is 264. The Balaban J connectivity index is 2.22. The summed E-state index contributed by atoms with van der Waals surface area (Å²) < 4.78 is 5.39. The highest BCUT2D eigenvalue weighted by atomic mass is 16.5. The summed E-state index contributed by atoms with van der Waals surface area (Å²) in [5, 5.41) is 0. The second-order valence-electron chi connectivity index (χ2n) is 4.70. The van der Waals surface area contributed by atoms with Gasteiger partial charge in [0.2, 0.25) is 0 Å². The van der Waals surface area contributed by atoms with Gasteiger partial charge in [-0.15, -0.1) is 0 Å². The predicted octanol–water partition coefficient (Wildman–Crippen LogP) is 3.18. The van der Waals surface area contributed by atoms with Gasteiger partial charge in [0.1, 0.15) is 0 Å². The lowest BCUT2D eigenvalue weighted by Crippen LogP contribution is -2.28. The molecule has 2 rings (SSSR count). The maximum atomic E-state index is 5.39. The van der Waals surface area contributed by atoms with Gasteiger partial charge in [-0.25, -0.2) is 0 Å². The van der Waals surface area contributed by atoms with E-state index in [-0.39, 0.29) is 0 Å². The molecular weight excluding hydrogens is 172 g/mol. The van der Waals surface area contributed by atoms with E-state index in [0.29, 0.717) is 6.10 Å². The van der Waals surface area contributed by atoms with Crippen LogP contribution < -0.4 is 0 Å². The van der Waals surface area contributed by atoms with Crippen molar-refractivity contribution in [1.82, 2.24) is 0 Å². The Morgan fingerprint density at radius 2 is 2.07 bits per heavy atom. The van der Waals surface area contributed by atoms with E-state index in [2.05, 4.69) is 32.1 Å². The molecule has 0 fully saturated rings. The van der Waals surface area contributed by atoms with Crippen molar-refractivity contribution in [3.8, 4) is 0 Å². The Kier molecular flexibility index (Phi) is 2.78. The van der Waals surface area contributed by atoms with Crippen LogP contribution in [0.5, 0.6) is 0 Å². The normalized spacial score (nSPS) is 41.8. The maximum Gasteiger partial charge on any atom is 0.0758 e. The lowest BCUT2D eigenvalue weighted by molar-refractivity contribution is 0.113. The first-order valence-electron chi connectivity index (χ1n) is 5.65. The molecule has 78 valence electrons. The van der Waals surface area contributed by atoms with Gasteiger partial charge >= 0.3 is 0 Å². The van der Waals surface area contributed by atoms with Crippen LogP contribution in [-0.2, 0) is 4.74 Å². The third kappa shape index (κ3) is 1.66. The molecule has 0 aromatic carbocycles. The molecule has 2 aliphatic rings. The van der Waals surface area contributed by atoms with Gasteiger partial charge in [-0.3, -0.25) is 0 Å². The summed E-state index contributed by atoms with van der Waals surface area (Å²) in [6, 6.07) is 0. The first-order valence-corrected chi connectivity index (χ1v) is 5.65. The Morgan fingerprint density at radius 1 is 1.29 bits per heavy atom. The molecule has 0 aromatic rings. The zero-order chi connectivity index (χ0) is 10.1. The standard InChI is InChI=1S/C13H20O/c1-9-4-5-11-8-12(14-3)6-7-13(11)10(9)2/h4-5,8-10,12-13H,6-7H2,1-3H3/t9-,10?,12?,13?/m1/s1. The minimum atomic E-state index is 0.353. The molecule has 1 heteroatoms. The number of ether oxygens (including phenoxy) is 1. The average molecular weight is 192 g/mol. The molecular formula is C13H20O. The van der Waals surface area contributed by atoms with Crippen molar-refractivity contribution in [2.45, 2.75) is 32.8 Å². The lowest BCUT2D eigenvalue weighted by atomic mass is 9.70. The van der Waals surface area contributed by atoms with Crippen molar-refractivity contribution in [2.24, 2.45) is 17.8 Å². The third-order valence-electron chi connectivity index (χ3n) is 3.93. The van der Waals surface area contributed by atoms with Gasteiger partial charge in [0.05, 0.1) is 6.10 Å². The minimum absolute atomic E-state index is 0.353. The molecule has 0 saturated carbocycles. The van der Waals surface area contributed by atoms with Crippen molar-refractivity contribution in [3.05, 3.63) is 23.8 Å². The Labute approximate surface area is 86.8 Å². The van der Waals surface area contributed by atoms with E-state index in [1.807, 2.05) is 0 Å². The molecule has 0 heterocycles. The van der Waals surface area contributed by atoms with Crippen LogP contribution >= 0.6 is 0 Å². The van der Waals surface area contributed by atoms with Crippen molar-refractivity contribution in [2.75, 3.05) is 7.11 Å². The van der Waals surface area contributed by atoms with Crippen molar-refractivity contribution in [3.63, 3.8) is 0 Å². The molecule has 2 aliphatic carbocycles. The molecule has 0 N–H and O–H groups in total. The quantitative estimate of drug-likeness (QED) is 0.620. The summed E-state index contributed by atoms with van der Waals surface area (Å²) in [4.78, 5) is 0. The first-order chi connectivity index (χ1) is 6.72. The van der Waals surface area contributed by atoms with Gasteiger partial charge < -0.3 is 4.74 Å². The molecule has 0 aliphatic heterocycles. The Morgan fingerprint density at radius 3 is 2.79 bits per heavy atom. The molecule has 0 spiro atoms. The van der Waals surface area contributed by atoms with Gasteiger partial charge in [-0.2, -0.15) is 0 Å². The predicted molar refractivity (Wildman–Crippen MR) is 59.1 cm³/mol. The second kappa shape index (κ2) is 3.90. The average Bonchev–Trinajstić information content (AvgIpc) is 2.23. The maximum absolute atomic E-state index is 5.39. The summed E-state index contributed by atoms with van der Waals surface area (Å²) >= 11 is 0. The summed E-state index contributed by atoms with van der Waals surface area (Å²) in [5.74, 6) is 2.31. The van der Waals surface area contributed by atoms with Crippen molar-refractivity contribution < 1.29 is 4.74 Å². The van der Waals surface area contributed by atoms with Gasteiger partial charge in [0, 0.05) is 7.11 Å². The number of hydrogen-bond acceptors (Lipinski definition) is 1. The summed E-state index contributed by atoms with van der Waals surface area (Å²) in [5.41, 5.74) is 1.51. The SMILES string of the molecule is COC1C=C2C=C[C@@H](C)C(C)C2CC1. The molecule has 4 atom stereocenters. The van der Waals surface area contributed by atoms with Crippen LogP contribution in [0, 0.1) is 17.8 Å². The van der Waals surface area contributed by atoms with Gasteiger partial charge in [-0.1, -0.05) is 32.1 Å². The van der Waals surface area contributed by atoms with E-state index in [1.54, 1.807) is 7.11 Å². The highest BCUT2D eigenvalue weighted by molar-refractivity contribution is 5.29. The van der Waals surface area contributed by atoms with E-state index in [0.717, 1.165) is 17.8 Å². The van der Waals surface area contributed by atoms with Crippen LogP contribution in [0.25, 0.3) is 0 Å². The Hall–Kier alpha value is -0.560. The fraction of sp³-hybridized carbons (Fsp3) is 0.692. The molecule has 0 bridgehead atoms. The number of fused-ring (bicyclic) bond motifs is 1. The van der Waals surface area contributed by atoms with E-state index < -0.39 is 0 Å². The molecule has 0 radical (unpaired) electrons. The van der Waals surface area contributed by atoms with Crippen LogP contribution in [0.4, 0.5) is 0 Å². The van der Waals surface area contributed by atoms with Crippen molar-refractivity contribution in [1.29, 1.82) is 0 Å². The zero-order valence-electron chi connectivity index (χ0n) is 9.36. The van der Waals surface area contributed by atoms with Crippen molar-refractivity contribution >= 4 is 0 Å². The minimum Gasteiger partial charge on any atom is -0.377 e. The van der Waals surface area contributed by atoms with Gasteiger partial charge in [-0.05, 0) is 36.2 Å². The largest absolute Gasteiger partial charge is 0.377 e. The summed E-state index contributed by atoms with van der Waals surface area (Å²) in [7, 11) is 1.81. The van der Waals surface area contributed by atoms with Crippen LogP contribution in [0.1, 0.15) is 26.7 Å². The lowest BCUT2D eigenvalue weighted by Gasteiger charge is -2.36. The second-order valence-corrected chi connectivity index (χ2v) is 4.70. The topological polar surface area (TPSA) is 9.23 Å². The third-order valence-corrected chi connectivity index (χ3v) is 3.93. The van der Waals surface area contributed by atoms with Gasteiger partial charge in [0.25, 0.3) is 0 Å². The van der Waals surface area contributed by atoms with Crippen LogP contribution in [-0.4, -0.2) is 13.2 Å². The van der Waals surface area contributed by atoms with Crippen LogP contribution in [0.15, 0.2) is 23.8 Å². The highest BCUT2D eigenvalue weighted by Crippen LogP contribution is 2.39. The zero-order valence-corrected chi connectivity index (χ0v) is 9.36. The van der Waals surface area contributed by atoms with E-state index in [9.17, 15) is 0 Å². The van der Waals surface area contributed by atoms with E-state index >= 15 is 0 Å². The van der Waals surface area contributed by atoms with Gasteiger partial charge in [0.15, 0.2) is 0 Å². The molecule has 0 aromatic heterocycles. The van der Waals surface area contributed by atoms with Crippen LogP contribution in [0.3, 0.4) is 0 Å². The molecule has 0 amide bonds. The summed E-state index contributed by atoms with van der Waals surface area (Å²) in [6.45, 7) is 4.69. The molecule has 0 saturated heterocycles. The fourth-order valence-corrected chi connectivity index (χ4v) is 2.67. The molecule has 1 nitrogen and oxygen atoms in total. The number of hydrogen-bond donors (Lipinski definition) is 0. The van der Waals surface area contributed by atoms with E-state index in [4.69, 9.17) is 4.74 Å². The highest BCUT2D eigenvalue weighted by Gasteiger charge is 2.30. The first kappa shape index (κ1) is 9.97. The van der Waals surface area contributed by atoms with Crippen LogP contribution in [0.2, 0.25) is 0 Å². The monoisotopic (exact) mass is 192 g/mol. The molecule has 3 unspecified atom stereocenters. The summed E-state index contributed by atoms with van der Waals surface area (Å²) in [6.07, 6.45) is 9.79. The number of rotatable bonds is 1. The fourth-order valence-electron chi connectivity index (χ4n) is 2.67. The number of allylic oxidation sites excluding steroid dienone is 3. The molecule has 14 heavy (non-hydrogen) atoms. The van der Waals surface area contributed by atoms with E-state index in [1.165, 1.54) is 18.4 Å². The number of methoxy groups -OCH3 is 1. The smallest absolute Gasteiger partial charge is 0.0758 e.